The zero-order valence-corrected chi connectivity index (χ0v) is 15.7. The molecule has 0 N–H and O–H groups in total. The van der Waals surface area contributed by atoms with E-state index in [1.165, 1.54) is 4.90 Å². The Balaban J connectivity index is 1.80. The molecule has 8 nitrogen and oxygen atoms in total. The molecule has 0 spiro atoms. The molecule has 0 saturated carbocycles. The number of amides is 1. The van der Waals surface area contributed by atoms with Crippen molar-refractivity contribution in [1.82, 2.24) is 14.7 Å². The van der Waals surface area contributed by atoms with Crippen molar-refractivity contribution in [3.8, 4) is 0 Å². The highest BCUT2D eigenvalue weighted by molar-refractivity contribution is 7.91. The first-order valence-electron chi connectivity index (χ1n) is 8.38. The fraction of sp³-hybridized carbons (Fsp3) is 0.688. The second kappa shape index (κ2) is 7.99. The van der Waals surface area contributed by atoms with Gasteiger partial charge < -0.3 is 9.64 Å². The predicted octanol–water partition coefficient (Wildman–Crippen LogP) is 0.469. The minimum absolute atomic E-state index is 0.0154. The van der Waals surface area contributed by atoms with Crippen molar-refractivity contribution < 1.29 is 22.7 Å². The number of aromatic nitrogens is 2. The van der Waals surface area contributed by atoms with E-state index in [9.17, 15) is 18.0 Å². The third-order valence-corrected chi connectivity index (χ3v) is 6.05. The van der Waals surface area contributed by atoms with Gasteiger partial charge in [-0.3, -0.25) is 14.3 Å². The number of carbonyl (C=O) groups is 2. The number of sulfone groups is 1. The minimum atomic E-state index is -3.07. The van der Waals surface area contributed by atoms with E-state index in [-0.39, 0.29) is 36.5 Å². The van der Waals surface area contributed by atoms with Crippen LogP contribution in [0.1, 0.15) is 31.2 Å². The van der Waals surface area contributed by atoms with Gasteiger partial charge in [-0.1, -0.05) is 0 Å². The predicted molar refractivity (Wildman–Crippen MR) is 91.7 cm³/mol. The lowest BCUT2D eigenvalue weighted by molar-refractivity contribution is -0.153. The molecule has 1 aliphatic rings. The Hall–Kier alpha value is -1.90. The molecule has 1 aromatic rings. The molecule has 9 heteroatoms. The molecule has 0 aliphatic carbocycles. The maximum atomic E-state index is 12.2. The van der Waals surface area contributed by atoms with Gasteiger partial charge in [0.05, 0.1) is 30.2 Å². The molecule has 1 saturated heterocycles. The Bertz CT molecular complexity index is 741. The maximum Gasteiger partial charge on any atom is 0.308 e. The Kier molecular flexibility index (Phi) is 6.21. The Morgan fingerprint density at radius 2 is 2.12 bits per heavy atom. The number of esters is 1. The zero-order valence-electron chi connectivity index (χ0n) is 14.9. The lowest BCUT2D eigenvalue weighted by Crippen LogP contribution is -2.43. The van der Waals surface area contributed by atoms with Crippen LogP contribution in [0.15, 0.2) is 6.07 Å². The molecular formula is C16H25N3O5S. The summed E-state index contributed by atoms with van der Waals surface area (Å²) in [6.07, 6.45) is 0.562. The van der Waals surface area contributed by atoms with Crippen molar-refractivity contribution in [2.75, 3.05) is 24.7 Å². The molecule has 0 radical (unpaired) electrons. The van der Waals surface area contributed by atoms with E-state index in [0.29, 0.717) is 19.5 Å². The summed E-state index contributed by atoms with van der Waals surface area (Å²) in [6, 6.07) is 1.60. The van der Waals surface area contributed by atoms with Crippen LogP contribution in [0.3, 0.4) is 0 Å². The van der Waals surface area contributed by atoms with Crippen molar-refractivity contribution in [3.05, 3.63) is 17.5 Å². The second-order valence-electron chi connectivity index (χ2n) is 6.30. The number of ether oxygens (including phenoxy) is 1. The van der Waals surface area contributed by atoms with E-state index in [1.54, 1.807) is 11.6 Å². The monoisotopic (exact) mass is 371 g/mol. The molecule has 2 rings (SSSR count). The molecular weight excluding hydrogens is 346 g/mol. The summed E-state index contributed by atoms with van der Waals surface area (Å²) in [7, 11) is -3.07. The smallest absolute Gasteiger partial charge is 0.308 e. The largest absolute Gasteiger partial charge is 0.456 e. The molecule has 1 amide bonds. The van der Waals surface area contributed by atoms with Gasteiger partial charge in [-0.05, 0) is 33.3 Å². The average Bonchev–Trinajstić information content (AvgIpc) is 3.05. The van der Waals surface area contributed by atoms with Crippen molar-refractivity contribution in [2.45, 2.75) is 46.2 Å². The van der Waals surface area contributed by atoms with E-state index in [0.717, 1.165) is 11.4 Å². The highest BCUT2D eigenvalue weighted by Gasteiger charge is 2.34. The third kappa shape index (κ3) is 5.29. The van der Waals surface area contributed by atoms with Gasteiger partial charge in [0.25, 0.3) is 5.91 Å². The van der Waals surface area contributed by atoms with Crippen LogP contribution in [0, 0.1) is 13.8 Å². The molecule has 1 fully saturated rings. The minimum Gasteiger partial charge on any atom is -0.456 e. The normalized spacial score (nSPS) is 18.9. The first-order chi connectivity index (χ1) is 11.7. The summed E-state index contributed by atoms with van der Waals surface area (Å²) in [5.41, 5.74) is 1.84. The average molecular weight is 371 g/mol. The van der Waals surface area contributed by atoms with Crippen molar-refractivity contribution >= 4 is 21.7 Å². The molecule has 25 heavy (non-hydrogen) atoms. The van der Waals surface area contributed by atoms with Crippen molar-refractivity contribution in [2.24, 2.45) is 0 Å². The van der Waals surface area contributed by atoms with Gasteiger partial charge in [0.2, 0.25) is 0 Å². The topological polar surface area (TPSA) is 98.6 Å². The van der Waals surface area contributed by atoms with Crippen LogP contribution in [0.2, 0.25) is 0 Å². The van der Waals surface area contributed by atoms with Crippen LogP contribution in [0.5, 0.6) is 0 Å². The summed E-state index contributed by atoms with van der Waals surface area (Å²) < 4.78 is 29.9. The van der Waals surface area contributed by atoms with Gasteiger partial charge in [-0.2, -0.15) is 5.10 Å². The van der Waals surface area contributed by atoms with Gasteiger partial charge in [0.15, 0.2) is 16.4 Å². The van der Waals surface area contributed by atoms with Crippen LogP contribution < -0.4 is 0 Å². The molecule has 0 aromatic carbocycles. The van der Waals surface area contributed by atoms with Gasteiger partial charge in [-0.25, -0.2) is 8.42 Å². The Labute approximate surface area is 148 Å². The van der Waals surface area contributed by atoms with Crippen LogP contribution in [-0.2, 0) is 30.7 Å². The van der Waals surface area contributed by atoms with Crippen LogP contribution in [0.25, 0.3) is 0 Å². The lowest BCUT2D eigenvalue weighted by Gasteiger charge is -2.26. The number of nitrogens with zero attached hydrogens (tertiary/aromatic N) is 3. The van der Waals surface area contributed by atoms with Gasteiger partial charge in [0.1, 0.15) is 0 Å². The van der Waals surface area contributed by atoms with E-state index in [1.807, 2.05) is 19.9 Å². The number of hydrogen-bond donors (Lipinski definition) is 0. The number of aryl methyl sites for hydroxylation is 3. The fourth-order valence-electron chi connectivity index (χ4n) is 3.06. The fourth-order valence-corrected chi connectivity index (χ4v) is 4.79. The van der Waals surface area contributed by atoms with Crippen LogP contribution in [-0.4, -0.2) is 65.7 Å². The molecule has 1 unspecified atom stereocenters. The summed E-state index contributed by atoms with van der Waals surface area (Å²) in [5.74, 6) is -0.748. The number of hydrogen-bond acceptors (Lipinski definition) is 6. The molecule has 1 atom stereocenters. The standard InChI is InChI=1S/C16H25N3O5S/c1-4-18(14-6-8-25(22,23)11-14)15(20)10-24-16(21)5-7-19-13(3)9-12(2)17-19/h9,14H,4-8,10-11H2,1-3H3. The van der Waals surface area contributed by atoms with E-state index in [2.05, 4.69) is 5.10 Å². The highest BCUT2D eigenvalue weighted by atomic mass is 32.2. The van der Waals surface area contributed by atoms with Gasteiger partial charge in [-0.15, -0.1) is 0 Å². The summed E-state index contributed by atoms with van der Waals surface area (Å²) in [4.78, 5) is 25.6. The van der Waals surface area contributed by atoms with E-state index >= 15 is 0 Å². The highest BCUT2D eigenvalue weighted by Crippen LogP contribution is 2.17. The van der Waals surface area contributed by atoms with Crippen LogP contribution >= 0.6 is 0 Å². The number of rotatable bonds is 7. The third-order valence-electron chi connectivity index (χ3n) is 4.30. The second-order valence-corrected chi connectivity index (χ2v) is 8.53. The first kappa shape index (κ1) is 19.4. The van der Waals surface area contributed by atoms with Crippen molar-refractivity contribution in [3.63, 3.8) is 0 Å². The van der Waals surface area contributed by atoms with Gasteiger partial charge in [0, 0.05) is 18.3 Å². The molecule has 140 valence electrons. The SMILES string of the molecule is CCN(C(=O)COC(=O)CCn1nc(C)cc1C)C1CCS(=O)(=O)C1. The summed E-state index contributed by atoms with van der Waals surface area (Å²) in [6.45, 7) is 5.99. The summed E-state index contributed by atoms with van der Waals surface area (Å²) in [5, 5.41) is 4.26. The molecule has 0 bridgehead atoms. The number of likely N-dealkylation sites (N-methyl/N-ethyl adjacent to an activating group) is 1. The Morgan fingerprint density at radius 3 is 2.64 bits per heavy atom. The van der Waals surface area contributed by atoms with E-state index in [4.69, 9.17) is 4.74 Å². The van der Waals surface area contributed by atoms with E-state index < -0.39 is 15.8 Å². The first-order valence-corrected chi connectivity index (χ1v) is 10.2. The molecule has 1 aromatic heterocycles. The lowest BCUT2D eigenvalue weighted by atomic mass is 10.2. The van der Waals surface area contributed by atoms with Crippen LogP contribution in [0.4, 0.5) is 0 Å². The summed E-state index contributed by atoms with van der Waals surface area (Å²) >= 11 is 0. The van der Waals surface area contributed by atoms with Crippen molar-refractivity contribution in [1.29, 1.82) is 0 Å². The maximum absolute atomic E-state index is 12.2. The zero-order chi connectivity index (χ0) is 18.6. The Morgan fingerprint density at radius 1 is 1.40 bits per heavy atom. The quantitative estimate of drug-likeness (QED) is 0.646. The molecule has 2 heterocycles. The van der Waals surface area contributed by atoms with Gasteiger partial charge >= 0.3 is 5.97 Å². The molecule has 1 aliphatic heterocycles. The number of carbonyl (C=O) groups excluding carboxylic acids is 2.